The molecule has 1 fully saturated rings. The third-order valence-electron chi connectivity index (χ3n) is 4.45. The molecule has 1 aliphatic heterocycles. The first-order valence-corrected chi connectivity index (χ1v) is 10.0. The number of hydrogen-bond donors (Lipinski definition) is 1. The van der Waals surface area contributed by atoms with Gasteiger partial charge in [-0.05, 0) is 24.6 Å². The van der Waals surface area contributed by atoms with Gasteiger partial charge in [-0.1, -0.05) is 30.3 Å². The topological polar surface area (TPSA) is 102 Å². The second kappa shape index (κ2) is 8.03. The molecule has 2 aromatic rings. The number of rotatable bonds is 6. The van der Waals surface area contributed by atoms with Gasteiger partial charge in [-0.2, -0.15) is 4.31 Å². The van der Waals surface area contributed by atoms with E-state index < -0.39 is 14.9 Å². The zero-order valence-corrected chi connectivity index (χ0v) is 15.7. The number of morpholine rings is 1. The lowest BCUT2D eigenvalue weighted by atomic mass is 10.1. The highest BCUT2D eigenvalue weighted by molar-refractivity contribution is 7.89. The molecule has 9 heteroatoms. The summed E-state index contributed by atoms with van der Waals surface area (Å²) in [6.45, 7) is 2.99. The molecular weight excluding hydrogens is 370 g/mol. The monoisotopic (exact) mass is 391 g/mol. The molecule has 2 aromatic carbocycles. The maximum atomic E-state index is 12.7. The smallest absolute Gasteiger partial charge is 0.293 e. The number of sulfonamides is 1. The summed E-state index contributed by atoms with van der Waals surface area (Å²) in [5.41, 5.74) is 0.973. The molecule has 0 radical (unpaired) electrons. The quantitative estimate of drug-likeness (QED) is 0.600. The van der Waals surface area contributed by atoms with E-state index in [1.165, 1.54) is 16.4 Å². The van der Waals surface area contributed by atoms with Gasteiger partial charge in [0.05, 0.1) is 23.0 Å². The van der Waals surface area contributed by atoms with Gasteiger partial charge < -0.3 is 10.1 Å². The Labute approximate surface area is 158 Å². The Bertz CT molecular complexity index is 912. The molecule has 1 heterocycles. The van der Waals surface area contributed by atoms with Crippen LogP contribution in [-0.4, -0.2) is 43.9 Å². The molecule has 0 aromatic heterocycles. The summed E-state index contributed by atoms with van der Waals surface area (Å²) >= 11 is 0. The van der Waals surface area contributed by atoms with Crippen LogP contribution in [0.4, 0.5) is 11.4 Å². The van der Waals surface area contributed by atoms with Gasteiger partial charge in [-0.3, -0.25) is 10.1 Å². The summed E-state index contributed by atoms with van der Waals surface area (Å²) in [6.07, 6.45) is 0. The second-order valence-electron chi connectivity index (χ2n) is 6.23. The predicted molar refractivity (Wildman–Crippen MR) is 101 cm³/mol. The maximum Gasteiger partial charge on any atom is 0.293 e. The van der Waals surface area contributed by atoms with Crippen LogP contribution in [-0.2, 0) is 14.8 Å². The lowest BCUT2D eigenvalue weighted by molar-refractivity contribution is -0.384. The summed E-state index contributed by atoms with van der Waals surface area (Å²) in [4.78, 5) is 10.9. The Morgan fingerprint density at radius 3 is 2.44 bits per heavy atom. The lowest BCUT2D eigenvalue weighted by Crippen LogP contribution is -2.40. The van der Waals surface area contributed by atoms with Gasteiger partial charge in [0.25, 0.3) is 5.69 Å². The predicted octanol–water partition coefficient (Wildman–Crippen LogP) is 2.79. The minimum Gasteiger partial charge on any atom is -0.379 e. The van der Waals surface area contributed by atoms with Crippen molar-refractivity contribution in [2.45, 2.75) is 17.9 Å². The Kier molecular flexibility index (Phi) is 5.73. The Morgan fingerprint density at radius 1 is 1.15 bits per heavy atom. The molecule has 1 N–H and O–H groups in total. The fourth-order valence-corrected chi connectivity index (χ4v) is 4.37. The number of nitro benzene ring substituents is 1. The van der Waals surface area contributed by atoms with E-state index in [0.29, 0.717) is 13.2 Å². The van der Waals surface area contributed by atoms with E-state index in [-0.39, 0.29) is 35.4 Å². The average Bonchev–Trinajstić information content (AvgIpc) is 2.69. The van der Waals surface area contributed by atoms with Crippen LogP contribution in [0.5, 0.6) is 0 Å². The molecule has 1 saturated heterocycles. The van der Waals surface area contributed by atoms with E-state index in [0.717, 1.165) is 11.6 Å². The summed E-state index contributed by atoms with van der Waals surface area (Å²) in [5.74, 6) is 0. The van der Waals surface area contributed by atoms with Gasteiger partial charge in [0.15, 0.2) is 0 Å². The summed E-state index contributed by atoms with van der Waals surface area (Å²) < 4.78 is 31.9. The molecule has 0 amide bonds. The molecule has 1 unspecified atom stereocenters. The molecule has 8 nitrogen and oxygen atoms in total. The minimum absolute atomic E-state index is 0.0889. The first-order chi connectivity index (χ1) is 12.9. The van der Waals surface area contributed by atoms with Crippen LogP contribution in [0.25, 0.3) is 0 Å². The zero-order chi connectivity index (χ0) is 19.4. The van der Waals surface area contributed by atoms with Crippen molar-refractivity contribution in [3.8, 4) is 0 Å². The third-order valence-corrected chi connectivity index (χ3v) is 6.34. The first kappa shape index (κ1) is 19.3. The van der Waals surface area contributed by atoms with Crippen LogP contribution >= 0.6 is 0 Å². The fraction of sp³-hybridized carbons (Fsp3) is 0.333. The largest absolute Gasteiger partial charge is 0.379 e. The number of hydrogen-bond acceptors (Lipinski definition) is 6. The van der Waals surface area contributed by atoms with Crippen molar-refractivity contribution in [2.24, 2.45) is 0 Å². The van der Waals surface area contributed by atoms with Gasteiger partial charge in [0.2, 0.25) is 10.0 Å². The number of ether oxygens (including phenoxy) is 1. The number of nitrogens with zero attached hydrogens (tertiary/aromatic N) is 2. The average molecular weight is 391 g/mol. The van der Waals surface area contributed by atoms with Crippen molar-refractivity contribution in [3.63, 3.8) is 0 Å². The van der Waals surface area contributed by atoms with Crippen molar-refractivity contribution >= 4 is 21.4 Å². The van der Waals surface area contributed by atoms with Gasteiger partial charge in [0.1, 0.15) is 5.69 Å². The molecule has 0 saturated carbocycles. The van der Waals surface area contributed by atoms with Gasteiger partial charge in [-0.25, -0.2) is 8.42 Å². The van der Waals surface area contributed by atoms with Crippen molar-refractivity contribution in [3.05, 3.63) is 64.2 Å². The van der Waals surface area contributed by atoms with Crippen molar-refractivity contribution in [2.75, 3.05) is 31.6 Å². The van der Waals surface area contributed by atoms with E-state index in [1.807, 2.05) is 37.3 Å². The highest BCUT2D eigenvalue weighted by Gasteiger charge is 2.29. The van der Waals surface area contributed by atoms with Crippen molar-refractivity contribution in [1.29, 1.82) is 0 Å². The van der Waals surface area contributed by atoms with Crippen LogP contribution in [0.15, 0.2) is 53.4 Å². The Morgan fingerprint density at radius 2 is 1.81 bits per heavy atom. The van der Waals surface area contributed by atoms with Crippen molar-refractivity contribution in [1.82, 2.24) is 4.31 Å². The van der Waals surface area contributed by atoms with Crippen LogP contribution in [0.1, 0.15) is 18.5 Å². The van der Waals surface area contributed by atoms with Gasteiger partial charge in [-0.15, -0.1) is 0 Å². The first-order valence-electron chi connectivity index (χ1n) is 8.57. The number of anilines is 1. The molecule has 1 aliphatic rings. The molecule has 0 bridgehead atoms. The molecule has 27 heavy (non-hydrogen) atoms. The van der Waals surface area contributed by atoms with E-state index >= 15 is 0 Å². The van der Waals surface area contributed by atoms with Crippen LogP contribution < -0.4 is 5.32 Å². The summed E-state index contributed by atoms with van der Waals surface area (Å²) in [6, 6.07) is 13.3. The summed E-state index contributed by atoms with van der Waals surface area (Å²) in [5, 5.41) is 14.6. The minimum atomic E-state index is -3.79. The molecular formula is C18H21N3O5S. The standard InChI is InChI=1S/C18H21N3O5S/c1-14(15-5-3-2-4-6-15)19-17-8-7-16(13-18(17)21(22)23)27(24,25)20-9-11-26-12-10-20/h2-8,13-14,19H,9-12H2,1H3. The summed E-state index contributed by atoms with van der Waals surface area (Å²) in [7, 11) is -3.79. The van der Waals surface area contributed by atoms with Crippen molar-refractivity contribution < 1.29 is 18.1 Å². The fourth-order valence-electron chi connectivity index (χ4n) is 2.94. The van der Waals surface area contributed by atoms with Gasteiger partial charge >= 0.3 is 0 Å². The van der Waals surface area contributed by atoms with E-state index in [9.17, 15) is 18.5 Å². The molecule has 3 rings (SSSR count). The van der Waals surface area contributed by atoms with Crippen LogP contribution in [0, 0.1) is 10.1 Å². The number of nitro groups is 1. The van der Waals surface area contributed by atoms with Crippen LogP contribution in [0.3, 0.4) is 0 Å². The third kappa shape index (κ3) is 4.26. The van der Waals surface area contributed by atoms with Crippen LogP contribution in [0.2, 0.25) is 0 Å². The van der Waals surface area contributed by atoms with E-state index in [4.69, 9.17) is 4.74 Å². The maximum absolute atomic E-state index is 12.7. The van der Waals surface area contributed by atoms with E-state index in [1.54, 1.807) is 0 Å². The zero-order valence-electron chi connectivity index (χ0n) is 14.9. The molecule has 0 spiro atoms. The van der Waals surface area contributed by atoms with Gasteiger partial charge in [0, 0.05) is 25.2 Å². The number of nitrogens with one attached hydrogen (secondary N) is 1. The molecule has 0 aliphatic carbocycles. The number of benzene rings is 2. The molecule has 1 atom stereocenters. The Hall–Kier alpha value is -2.49. The molecule has 144 valence electrons. The normalized spacial score (nSPS) is 16.6. The highest BCUT2D eigenvalue weighted by Crippen LogP contribution is 2.31. The Balaban J connectivity index is 1.90. The lowest BCUT2D eigenvalue weighted by Gasteiger charge is -2.26. The highest BCUT2D eigenvalue weighted by atomic mass is 32.2. The SMILES string of the molecule is CC(Nc1ccc(S(=O)(=O)N2CCOCC2)cc1[N+](=O)[O-])c1ccccc1. The second-order valence-corrected chi connectivity index (χ2v) is 8.17. The van der Waals surface area contributed by atoms with E-state index in [2.05, 4.69) is 5.32 Å².